The molecule has 0 aliphatic carbocycles. The van der Waals surface area contributed by atoms with Crippen LogP contribution in [-0.4, -0.2) is 31.7 Å². The first-order valence-corrected chi connectivity index (χ1v) is 14.7. The van der Waals surface area contributed by atoms with Crippen LogP contribution < -0.4 is 4.74 Å². The second-order valence-corrected chi connectivity index (χ2v) is 12.3. The maximum absolute atomic E-state index is 13.7. The molecule has 0 fully saturated rings. The highest BCUT2D eigenvalue weighted by atomic mass is 32.3. The Morgan fingerprint density at radius 1 is 1.26 bits per heavy atom. The van der Waals surface area contributed by atoms with Gasteiger partial charge in [-0.2, -0.15) is 15.0 Å². The minimum Gasteiger partial charge on any atom is -0.476 e. The van der Waals surface area contributed by atoms with Crippen LogP contribution in [-0.2, 0) is 4.79 Å². The second-order valence-electron chi connectivity index (χ2n) is 9.15. The summed E-state index contributed by atoms with van der Waals surface area (Å²) in [4.78, 5) is 11.9. The molecule has 0 spiro atoms. The molecule has 3 atom stereocenters. The third-order valence-electron chi connectivity index (χ3n) is 7.39. The molecule has 0 aromatic heterocycles. The minimum absolute atomic E-state index is 0.0645. The summed E-state index contributed by atoms with van der Waals surface area (Å²) in [7, 11) is -3.27. The summed E-state index contributed by atoms with van der Waals surface area (Å²) in [5, 5.41) is 8.44. The first-order valence-electron chi connectivity index (χ1n) is 11.9. The smallest absolute Gasteiger partial charge is 0.368 e. The van der Waals surface area contributed by atoms with E-state index in [-0.39, 0.29) is 17.1 Å². The summed E-state index contributed by atoms with van der Waals surface area (Å²) in [6.45, 7) is 6.20. The molecule has 3 unspecified atom stereocenters. The van der Waals surface area contributed by atoms with Gasteiger partial charge in [-0.15, -0.1) is 11.8 Å². The van der Waals surface area contributed by atoms with Crippen molar-refractivity contribution in [1.82, 2.24) is 0 Å². The zero-order valence-electron chi connectivity index (χ0n) is 20.7. The number of unbranched alkanes of at least 4 members (excludes halogenated alkanes) is 1. The van der Waals surface area contributed by atoms with E-state index in [0.717, 1.165) is 43.2 Å². The van der Waals surface area contributed by atoms with Crippen LogP contribution in [0.15, 0.2) is 64.3 Å². The first kappa shape index (κ1) is 27.6. The van der Waals surface area contributed by atoms with Crippen molar-refractivity contribution in [2.75, 3.05) is 6.26 Å². The van der Waals surface area contributed by atoms with Crippen LogP contribution in [0.5, 0.6) is 5.75 Å². The van der Waals surface area contributed by atoms with Gasteiger partial charge in [0.25, 0.3) is 0 Å². The highest BCUT2D eigenvalue weighted by Crippen LogP contribution is 2.67. The summed E-state index contributed by atoms with van der Waals surface area (Å²) < 4.78 is 42.6. The number of thioether (sulfide) groups is 1. The molecular formula is C27H35FO5S2. The zero-order valence-corrected chi connectivity index (χ0v) is 22.3. The fourth-order valence-corrected chi connectivity index (χ4v) is 7.99. The lowest BCUT2D eigenvalue weighted by molar-refractivity contribution is -0.134. The maximum atomic E-state index is 13.7. The Labute approximate surface area is 213 Å². The summed E-state index contributed by atoms with van der Waals surface area (Å²) in [6, 6.07) is 13.6. The number of ether oxygens (including phenoxy) is 1. The summed E-state index contributed by atoms with van der Waals surface area (Å²) in [6.07, 6.45) is 6.88. The van der Waals surface area contributed by atoms with Gasteiger partial charge in [0.2, 0.25) is 5.83 Å². The van der Waals surface area contributed by atoms with Crippen molar-refractivity contribution in [2.24, 2.45) is 5.41 Å². The van der Waals surface area contributed by atoms with Gasteiger partial charge in [0.05, 0.1) is 15.0 Å². The van der Waals surface area contributed by atoms with Gasteiger partial charge in [0.15, 0.2) is 0 Å². The molecule has 35 heavy (non-hydrogen) atoms. The van der Waals surface area contributed by atoms with Crippen molar-refractivity contribution < 1.29 is 28.1 Å². The van der Waals surface area contributed by atoms with E-state index in [0.29, 0.717) is 16.1 Å². The minimum atomic E-state index is -3.27. The van der Waals surface area contributed by atoms with Gasteiger partial charge < -0.3 is 9.84 Å². The SMILES string of the molecule is CCCCC1(CC)CC(c2ccccc2)c2cc(SC)c(OC=C(F)C(=O)O)cc2S(O)(O)C1C. The number of benzene rings is 2. The summed E-state index contributed by atoms with van der Waals surface area (Å²) in [5.74, 6) is -3.02. The molecule has 0 bridgehead atoms. The lowest BCUT2D eigenvalue weighted by Crippen LogP contribution is -2.36. The van der Waals surface area contributed by atoms with Crippen molar-refractivity contribution >= 4 is 28.3 Å². The molecule has 0 amide bonds. The van der Waals surface area contributed by atoms with E-state index >= 15 is 0 Å². The number of hydrogen-bond donors (Lipinski definition) is 3. The van der Waals surface area contributed by atoms with Crippen LogP contribution in [0.3, 0.4) is 0 Å². The fraction of sp³-hybridized carbons (Fsp3) is 0.444. The third kappa shape index (κ3) is 5.56. The lowest BCUT2D eigenvalue weighted by atomic mass is 9.69. The largest absolute Gasteiger partial charge is 0.476 e. The number of carboxylic acids is 1. The van der Waals surface area contributed by atoms with Crippen molar-refractivity contribution in [1.29, 1.82) is 0 Å². The third-order valence-corrected chi connectivity index (χ3v) is 10.6. The van der Waals surface area contributed by atoms with Crippen LogP contribution in [0.1, 0.15) is 69.9 Å². The molecular weight excluding hydrogens is 487 g/mol. The second kappa shape index (κ2) is 11.4. The van der Waals surface area contributed by atoms with Crippen LogP contribution in [0.2, 0.25) is 0 Å². The van der Waals surface area contributed by atoms with Gasteiger partial charge in [0.1, 0.15) is 12.0 Å². The Bertz CT molecular complexity index is 1070. The fourth-order valence-electron chi connectivity index (χ4n) is 5.15. The molecule has 2 aromatic carbocycles. The molecule has 1 aliphatic heterocycles. The maximum Gasteiger partial charge on any atom is 0.368 e. The highest BCUT2D eigenvalue weighted by molar-refractivity contribution is 8.25. The van der Waals surface area contributed by atoms with Crippen molar-refractivity contribution in [3.8, 4) is 5.75 Å². The first-order chi connectivity index (χ1) is 16.6. The molecule has 2 aromatic rings. The molecule has 0 radical (unpaired) electrons. The number of carboxylic acid groups (broad SMARTS) is 1. The number of fused-ring (bicyclic) bond motifs is 1. The van der Waals surface area contributed by atoms with Gasteiger partial charge in [-0.3, -0.25) is 9.11 Å². The van der Waals surface area contributed by atoms with E-state index < -0.39 is 27.6 Å². The standard InChI is InChI=1S/C27H35FO5S2/c1-5-7-13-27(6-2)16-21(19-11-9-8-10-12-19)20-14-24(34-4)23(33-17-22(28)26(29)30)15-25(20)35(31,32)18(27)3/h8-12,14-15,17-18,21,31-32H,5-7,13,16H2,1-4H3,(H,29,30). The van der Waals surface area contributed by atoms with Crippen LogP contribution >= 0.6 is 22.4 Å². The lowest BCUT2D eigenvalue weighted by Gasteiger charge is -2.48. The average molecular weight is 523 g/mol. The van der Waals surface area contributed by atoms with E-state index in [1.165, 1.54) is 11.8 Å². The van der Waals surface area contributed by atoms with Crippen molar-refractivity contribution in [3.63, 3.8) is 0 Å². The highest BCUT2D eigenvalue weighted by Gasteiger charge is 2.48. The molecule has 3 rings (SSSR count). The summed E-state index contributed by atoms with van der Waals surface area (Å²) >= 11 is 1.37. The van der Waals surface area contributed by atoms with Gasteiger partial charge >= 0.3 is 5.97 Å². The van der Waals surface area contributed by atoms with E-state index in [1.54, 1.807) is 6.07 Å². The van der Waals surface area contributed by atoms with Gasteiger partial charge in [-0.25, -0.2) is 4.79 Å². The number of aliphatic carboxylic acids is 1. The Morgan fingerprint density at radius 2 is 1.94 bits per heavy atom. The molecule has 0 saturated heterocycles. The van der Waals surface area contributed by atoms with E-state index in [9.17, 15) is 18.3 Å². The predicted molar refractivity (Wildman–Crippen MR) is 141 cm³/mol. The topological polar surface area (TPSA) is 87.0 Å². The predicted octanol–water partition coefficient (Wildman–Crippen LogP) is 8.30. The van der Waals surface area contributed by atoms with Crippen LogP contribution in [0.4, 0.5) is 4.39 Å². The Balaban J connectivity index is 2.27. The molecule has 1 heterocycles. The molecule has 0 saturated carbocycles. The monoisotopic (exact) mass is 522 g/mol. The van der Waals surface area contributed by atoms with Gasteiger partial charge in [0, 0.05) is 12.0 Å². The number of halogens is 1. The van der Waals surface area contributed by atoms with E-state index in [1.807, 2.05) is 37.4 Å². The van der Waals surface area contributed by atoms with E-state index in [2.05, 4.69) is 26.0 Å². The Kier molecular flexibility index (Phi) is 8.96. The Morgan fingerprint density at radius 3 is 2.51 bits per heavy atom. The van der Waals surface area contributed by atoms with Crippen LogP contribution in [0, 0.1) is 5.41 Å². The zero-order chi connectivity index (χ0) is 25.8. The molecule has 5 nitrogen and oxygen atoms in total. The quantitative estimate of drug-likeness (QED) is 0.174. The molecule has 192 valence electrons. The van der Waals surface area contributed by atoms with Crippen molar-refractivity contribution in [3.05, 3.63) is 65.7 Å². The Hall–Kier alpha value is -2.00. The normalized spacial score (nSPS) is 24.8. The average Bonchev–Trinajstić information content (AvgIpc) is 2.93. The molecule has 3 N–H and O–H groups in total. The number of rotatable bonds is 9. The summed E-state index contributed by atoms with van der Waals surface area (Å²) in [5.41, 5.74) is 1.64. The number of carbonyl (C=O) groups is 1. The molecule has 1 aliphatic rings. The number of hydrogen-bond acceptors (Lipinski definition) is 5. The van der Waals surface area contributed by atoms with Gasteiger partial charge in [-0.05, 0) is 55.1 Å². The molecule has 8 heteroatoms. The van der Waals surface area contributed by atoms with E-state index in [4.69, 9.17) is 9.84 Å². The van der Waals surface area contributed by atoms with Crippen molar-refractivity contribution in [2.45, 2.75) is 73.8 Å². The van der Waals surface area contributed by atoms with Crippen LogP contribution in [0.25, 0.3) is 0 Å². The van der Waals surface area contributed by atoms with Gasteiger partial charge in [-0.1, -0.05) is 57.0 Å².